The van der Waals surface area contributed by atoms with Crippen molar-refractivity contribution in [3.63, 3.8) is 0 Å². The Hall–Kier alpha value is -1.23. The molecule has 0 fully saturated rings. The van der Waals surface area contributed by atoms with Crippen molar-refractivity contribution < 1.29 is 23.0 Å². The first-order valence-electron chi connectivity index (χ1n) is 7.00. The third-order valence-electron chi connectivity index (χ3n) is 3.73. The number of alkyl halides is 3. The van der Waals surface area contributed by atoms with Crippen molar-refractivity contribution in [2.24, 2.45) is 11.3 Å². The van der Waals surface area contributed by atoms with Crippen molar-refractivity contribution >= 4 is 0 Å². The molecule has 2 unspecified atom stereocenters. The SMILES string of the molecule is CC(CC(O)Cc1ccc(OC(F)(F)F)cc1)C(C)(C)C. The number of rotatable bonds is 5. The molecule has 0 bridgehead atoms. The van der Waals surface area contributed by atoms with Crippen LogP contribution in [0.15, 0.2) is 24.3 Å². The summed E-state index contributed by atoms with van der Waals surface area (Å²) in [6.07, 6.45) is -4.10. The quantitative estimate of drug-likeness (QED) is 0.864. The lowest BCUT2D eigenvalue weighted by molar-refractivity contribution is -0.274. The highest BCUT2D eigenvalue weighted by Gasteiger charge is 2.31. The Morgan fingerprint density at radius 2 is 1.62 bits per heavy atom. The number of hydrogen-bond donors (Lipinski definition) is 1. The second-order valence-corrected chi connectivity index (χ2v) is 6.55. The lowest BCUT2D eigenvalue weighted by Crippen LogP contribution is -2.24. The van der Waals surface area contributed by atoms with E-state index >= 15 is 0 Å². The Balaban J connectivity index is 2.56. The van der Waals surface area contributed by atoms with Crippen LogP contribution < -0.4 is 4.74 Å². The molecule has 1 N–H and O–H groups in total. The highest BCUT2D eigenvalue weighted by atomic mass is 19.4. The number of hydrogen-bond acceptors (Lipinski definition) is 2. The third-order valence-corrected chi connectivity index (χ3v) is 3.73. The molecule has 0 aliphatic heterocycles. The fourth-order valence-electron chi connectivity index (χ4n) is 1.94. The second-order valence-electron chi connectivity index (χ2n) is 6.55. The molecule has 5 heteroatoms. The Kier molecular flexibility index (Phi) is 5.68. The van der Waals surface area contributed by atoms with Gasteiger partial charge in [-0.3, -0.25) is 0 Å². The summed E-state index contributed by atoms with van der Waals surface area (Å²) in [4.78, 5) is 0. The zero-order valence-electron chi connectivity index (χ0n) is 12.9. The van der Waals surface area contributed by atoms with Gasteiger partial charge in [-0.05, 0) is 41.9 Å². The molecule has 0 radical (unpaired) electrons. The van der Waals surface area contributed by atoms with Gasteiger partial charge < -0.3 is 9.84 Å². The van der Waals surface area contributed by atoms with Gasteiger partial charge >= 0.3 is 6.36 Å². The molecule has 0 aliphatic carbocycles. The lowest BCUT2D eigenvalue weighted by Gasteiger charge is -2.29. The fourth-order valence-corrected chi connectivity index (χ4v) is 1.94. The fraction of sp³-hybridized carbons (Fsp3) is 0.625. The summed E-state index contributed by atoms with van der Waals surface area (Å²) in [7, 11) is 0. The van der Waals surface area contributed by atoms with E-state index in [0.29, 0.717) is 18.8 Å². The van der Waals surface area contributed by atoms with E-state index < -0.39 is 12.5 Å². The Labute approximate surface area is 123 Å². The summed E-state index contributed by atoms with van der Waals surface area (Å²) in [6.45, 7) is 8.44. The van der Waals surface area contributed by atoms with Crippen molar-refractivity contribution in [1.82, 2.24) is 0 Å². The zero-order chi connectivity index (χ0) is 16.3. The largest absolute Gasteiger partial charge is 0.573 e. The van der Waals surface area contributed by atoms with E-state index in [2.05, 4.69) is 32.4 Å². The average molecular weight is 304 g/mol. The predicted octanol–water partition coefficient (Wildman–Crippen LogP) is 4.56. The minimum atomic E-state index is -4.68. The van der Waals surface area contributed by atoms with Gasteiger partial charge in [0, 0.05) is 0 Å². The van der Waals surface area contributed by atoms with Crippen molar-refractivity contribution in [3.8, 4) is 5.75 Å². The molecular formula is C16H23F3O2. The van der Waals surface area contributed by atoms with E-state index in [4.69, 9.17) is 0 Å². The summed E-state index contributed by atoms with van der Waals surface area (Å²) in [6, 6.07) is 5.63. The predicted molar refractivity (Wildman–Crippen MR) is 76.1 cm³/mol. The zero-order valence-corrected chi connectivity index (χ0v) is 12.9. The molecule has 0 aliphatic rings. The van der Waals surface area contributed by atoms with E-state index in [0.717, 1.165) is 5.56 Å². The van der Waals surface area contributed by atoms with Gasteiger partial charge in [-0.15, -0.1) is 13.2 Å². The van der Waals surface area contributed by atoms with Crippen LogP contribution in [-0.2, 0) is 6.42 Å². The Morgan fingerprint density at radius 1 is 1.10 bits per heavy atom. The van der Waals surface area contributed by atoms with E-state index in [1.165, 1.54) is 12.1 Å². The van der Waals surface area contributed by atoms with Crippen molar-refractivity contribution in [2.45, 2.75) is 53.0 Å². The van der Waals surface area contributed by atoms with Gasteiger partial charge in [0.2, 0.25) is 0 Å². The Bertz CT molecular complexity index is 432. The molecule has 1 aromatic carbocycles. The van der Waals surface area contributed by atoms with Crippen LogP contribution in [-0.4, -0.2) is 17.6 Å². The van der Waals surface area contributed by atoms with E-state index in [1.807, 2.05) is 0 Å². The third kappa shape index (κ3) is 6.85. The molecule has 0 amide bonds. The molecule has 1 rings (SSSR count). The summed E-state index contributed by atoms with van der Waals surface area (Å²) in [5, 5.41) is 10.1. The molecule has 0 heterocycles. The molecule has 0 aromatic heterocycles. The lowest BCUT2D eigenvalue weighted by atomic mass is 9.78. The Morgan fingerprint density at radius 3 is 2.05 bits per heavy atom. The van der Waals surface area contributed by atoms with Gasteiger partial charge in [0.1, 0.15) is 5.75 Å². The monoisotopic (exact) mass is 304 g/mol. The molecule has 0 saturated carbocycles. The standard InChI is InChI=1S/C16H23F3O2/c1-11(15(2,3)4)9-13(20)10-12-5-7-14(8-6-12)21-16(17,18)19/h5-8,11,13,20H,9-10H2,1-4H3. The number of aliphatic hydroxyl groups is 1. The molecule has 0 saturated heterocycles. The molecule has 1 aromatic rings. The molecule has 2 nitrogen and oxygen atoms in total. The summed E-state index contributed by atoms with van der Waals surface area (Å²) in [5.74, 6) is 0.101. The first kappa shape index (κ1) is 17.8. The molecule has 2 atom stereocenters. The second kappa shape index (κ2) is 6.69. The molecule has 120 valence electrons. The topological polar surface area (TPSA) is 29.5 Å². The van der Waals surface area contributed by atoms with E-state index in [-0.39, 0.29) is 11.2 Å². The maximum absolute atomic E-state index is 12.0. The highest BCUT2D eigenvalue weighted by molar-refractivity contribution is 5.27. The first-order valence-corrected chi connectivity index (χ1v) is 7.00. The molecular weight excluding hydrogens is 281 g/mol. The number of ether oxygens (including phenoxy) is 1. The average Bonchev–Trinajstić information content (AvgIpc) is 2.28. The maximum atomic E-state index is 12.0. The van der Waals surface area contributed by atoms with Crippen LogP contribution >= 0.6 is 0 Å². The van der Waals surface area contributed by atoms with Gasteiger partial charge in [0.25, 0.3) is 0 Å². The summed E-state index contributed by atoms with van der Waals surface area (Å²) in [5.41, 5.74) is 0.906. The van der Waals surface area contributed by atoms with Crippen molar-refractivity contribution in [3.05, 3.63) is 29.8 Å². The minimum absolute atomic E-state index is 0.116. The van der Waals surface area contributed by atoms with Crippen LogP contribution in [0.25, 0.3) is 0 Å². The normalized spacial score (nSPS) is 15.6. The number of benzene rings is 1. The van der Waals surface area contributed by atoms with Crippen molar-refractivity contribution in [2.75, 3.05) is 0 Å². The first-order chi connectivity index (χ1) is 9.47. The van der Waals surface area contributed by atoms with Crippen LogP contribution in [0.3, 0.4) is 0 Å². The summed E-state index contributed by atoms with van der Waals surface area (Å²) < 4.78 is 39.9. The maximum Gasteiger partial charge on any atom is 0.573 e. The summed E-state index contributed by atoms with van der Waals surface area (Å²) >= 11 is 0. The van der Waals surface area contributed by atoms with E-state index in [9.17, 15) is 18.3 Å². The van der Waals surface area contributed by atoms with Gasteiger partial charge in [-0.25, -0.2) is 0 Å². The van der Waals surface area contributed by atoms with Gasteiger partial charge in [0.05, 0.1) is 6.10 Å². The van der Waals surface area contributed by atoms with Gasteiger partial charge in [-0.1, -0.05) is 39.8 Å². The number of aliphatic hydroxyl groups excluding tert-OH is 1. The molecule has 21 heavy (non-hydrogen) atoms. The smallest absolute Gasteiger partial charge is 0.406 e. The van der Waals surface area contributed by atoms with Crippen LogP contribution in [0.2, 0.25) is 0 Å². The van der Waals surface area contributed by atoms with Crippen LogP contribution in [0, 0.1) is 11.3 Å². The van der Waals surface area contributed by atoms with Gasteiger partial charge in [0.15, 0.2) is 0 Å². The van der Waals surface area contributed by atoms with Crippen LogP contribution in [0.5, 0.6) is 5.75 Å². The van der Waals surface area contributed by atoms with Crippen LogP contribution in [0.4, 0.5) is 13.2 Å². The van der Waals surface area contributed by atoms with Crippen LogP contribution in [0.1, 0.15) is 39.7 Å². The minimum Gasteiger partial charge on any atom is -0.406 e. The molecule has 0 spiro atoms. The van der Waals surface area contributed by atoms with Gasteiger partial charge in [-0.2, -0.15) is 0 Å². The highest BCUT2D eigenvalue weighted by Crippen LogP contribution is 2.30. The number of halogens is 3. The van der Waals surface area contributed by atoms with E-state index in [1.54, 1.807) is 12.1 Å². The van der Waals surface area contributed by atoms with Crippen molar-refractivity contribution in [1.29, 1.82) is 0 Å².